The van der Waals surface area contributed by atoms with Crippen molar-refractivity contribution >= 4 is 22.9 Å². The molecular weight excluding hydrogens is 449 g/mol. The molecule has 1 amide bonds. The van der Waals surface area contributed by atoms with Crippen LogP contribution in [0.2, 0.25) is 0 Å². The van der Waals surface area contributed by atoms with Gasteiger partial charge in [-0.1, -0.05) is 6.07 Å². The predicted molar refractivity (Wildman–Crippen MR) is 126 cm³/mol. The van der Waals surface area contributed by atoms with Crippen molar-refractivity contribution in [2.45, 2.75) is 31.3 Å². The fraction of sp³-hybridized carbons (Fsp3) is 0.292. The summed E-state index contributed by atoms with van der Waals surface area (Å²) in [5, 5.41) is 21.6. The van der Waals surface area contributed by atoms with Crippen LogP contribution in [0.3, 0.4) is 0 Å². The van der Waals surface area contributed by atoms with Gasteiger partial charge in [-0.25, -0.2) is 9.50 Å². The Labute approximate surface area is 200 Å². The van der Waals surface area contributed by atoms with Gasteiger partial charge in [0.2, 0.25) is 5.95 Å². The maximum absolute atomic E-state index is 13.5. The van der Waals surface area contributed by atoms with Gasteiger partial charge in [-0.05, 0) is 37.1 Å². The average Bonchev–Trinajstić information content (AvgIpc) is 3.49. The summed E-state index contributed by atoms with van der Waals surface area (Å²) in [4.78, 5) is 18.0. The van der Waals surface area contributed by atoms with Crippen molar-refractivity contribution < 1.29 is 9.18 Å². The number of carbonyl (C=O) groups is 1. The van der Waals surface area contributed by atoms with E-state index in [-0.39, 0.29) is 17.8 Å². The van der Waals surface area contributed by atoms with Gasteiger partial charge in [0, 0.05) is 50.0 Å². The number of pyridine rings is 2. The fourth-order valence-electron chi connectivity index (χ4n) is 4.62. The van der Waals surface area contributed by atoms with Gasteiger partial charge in [0.1, 0.15) is 5.56 Å². The van der Waals surface area contributed by atoms with Crippen molar-refractivity contribution in [1.29, 1.82) is 5.26 Å². The molecule has 0 spiro atoms. The summed E-state index contributed by atoms with van der Waals surface area (Å²) in [6.07, 6.45) is 6.25. The molecule has 10 nitrogen and oxygen atoms in total. The Morgan fingerprint density at radius 1 is 1.23 bits per heavy atom. The number of nitrogens with one attached hydrogen (secondary N) is 1. The smallest absolute Gasteiger partial charge is 0.254 e. The lowest BCUT2D eigenvalue weighted by Crippen LogP contribution is -2.46. The molecule has 0 aromatic carbocycles. The van der Waals surface area contributed by atoms with E-state index in [1.165, 1.54) is 12.3 Å². The number of nitrogens with two attached hydrogens (primary N) is 1. The zero-order valence-corrected chi connectivity index (χ0v) is 18.9. The Hall–Kier alpha value is -4.30. The highest BCUT2D eigenvalue weighted by molar-refractivity contribution is 5.98. The molecule has 1 saturated heterocycles. The number of piperidine rings is 1. The molecule has 5 heterocycles. The number of aromatic nitrogens is 5. The Kier molecular flexibility index (Phi) is 5.88. The third-order valence-electron chi connectivity index (χ3n) is 6.54. The predicted octanol–water partition coefficient (Wildman–Crippen LogP) is 2.81. The molecule has 1 fully saturated rings. The number of amides is 1. The van der Waals surface area contributed by atoms with Gasteiger partial charge >= 0.3 is 0 Å². The van der Waals surface area contributed by atoms with Crippen LogP contribution in [0.15, 0.2) is 55.0 Å². The maximum atomic E-state index is 13.5. The van der Waals surface area contributed by atoms with Gasteiger partial charge < -0.3 is 11.1 Å². The summed E-state index contributed by atoms with van der Waals surface area (Å²) in [5.41, 5.74) is 7.71. The van der Waals surface area contributed by atoms with E-state index in [0.717, 1.165) is 30.8 Å². The molecule has 0 radical (unpaired) electrons. The quantitative estimate of drug-likeness (QED) is 0.395. The molecular formula is C24H24FN9O. The first-order chi connectivity index (χ1) is 17.0. The van der Waals surface area contributed by atoms with Crippen molar-refractivity contribution in [1.82, 2.24) is 29.3 Å². The number of halogens is 1. The van der Waals surface area contributed by atoms with Crippen LogP contribution in [-0.2, 0) is 12.1 Å². The first-order valence-corrected chi connectivity index (χ1v) is 11.3. The van der Waals surface area contributed by atoms with Crippen molar-refractivity contribution in [3.05, 3.63) is 72.2 Å². The van der Waals surface area contributed by atoms with Gasteiger partial charge in [-0.15, -0.1) is 0 Å². The van der Waals surface area contributed by atoms with Crippen LogP contribution in [0, 0.1) is 17.3 Å². The maximum Gasteiger partial charge on any atom is 0.254 e. The molecule has 178 valence electrons. The number of anilines is 2. The Balaban J connectivity index is 1.38. The van der Waals surface area contributed by atoms with E-state index >= 15 is 0 Å². The van der Waals surface area contributed by atoms with Crippen LogP contribution < -0.4 is 11.1 Å². The van der Waals surface area contributed by atoms with E-state index < -0.39 is 17.4 Å². The van der Waals surface area contributed by atoms with E-state index in [1.54, 1.807) is 23.1 Å². The van der Waals surface area contributed by atoms with E-state index in [1.807, 2.05) is 22.7 Å². The Morgan fingerprint density at radius 2 is 2.06 bits per heavy atom. The molecule has 35 heavy (non-hydrogen) atoms. The van der Waals surface area contributed by atoms with Crippen molar-refractivity contribution in [3.63, 3.8) is 0 Å². The van der Waals surface area contributed by atoms with E-state index in [2.05, 4.69) is 37.5 Å². The lowest BCUT2D eigenvalue weighted by atomic mass is 9.85. The molecule has 3 N–H and O–H groups in total. The van der Waals surface area contributed by atoms with Gasteiger partial charge in [-0.3, -0.25) is 14.4 Å². The van der Waals surface area contributed by atoms with Crippen LogP contribution in [0.1, 0.15) is 35.3 Å². The molecule has 5 rings (SSSR count). The standard InChI is InChI=1S/C24H24FN9O/c25-21-14-17(4-10-28-21)30-23-20(22(27)35)16-33(31-23)24(6-9-26)7-12-32(13-8-24)15-19-3-1-2-18-5-11-29-34(18)19/h1-5,10-11,14,16H,6-8,12-13,15H2,(H2,27,35)(H,28,30,31). The summed E-state index contributed by atoms with van der Waals surface area (Å²) in [6, 6.07) is 13.1. The van der Waals surface area contributed by atoms with E-state index in [0.29, 0.717) is 18.5 Å². The van der Waals surface area contributed by atoms with E-state index in [9.17, 15) is 14.4 Å². The highest BCUT2D eigenvalue weighted by atomic mass is 19.1. The molecule has 0 saturated carbocycles. The van der Waals surface area contributed by atoms with Crippen LogP contribution in [-0.4, -0.2) is 48.3 Å². The number of carbonyl (C=O) groups excluding carboxylic acids is 1. The number of nitrogens with zero attached hydrogens (tertiary/aromatic N) is 7. The third kappa shape index (κ3) is 4.43. The molecule has 0 bridgehead atoms. The monoisotopic (exact) mass is 473 g/mol. The van der Waals surface area contributed by atoms with E-state index in [4.69, 9.17) is 5.73 Å². The van der Waals surface area contributed by atoms with Crippen LogP contribution in [0.5, 0.6) is 0 Å². The topological polar surface area (TPSA) is 130 Å². The molecule has 1 aliphatic rings. The summed E-state index contributed by atoms with van der Waals surface area (Å²) in [6.45, 7) is 2.21. The van der Waals surface area contributed by atoms with Crippen molar-refractivity contribution in [2.75, 3.05) is 18.4 Å². The van der Waals surface area contributed by atoms with Gasteiger partial charge in [0.05, 0.1) is 29.2 Å². The molecule has 1 aliphatic heterocycles. The molecule has 0 atom stereocenters. The zero-order valence-electron chi connectivity index (χ0n) is 18.9. The summed E-state index contributed by atoms with van der Waals surface area (Å²) >= 11 is 0. The van der Waals surface area contributed by atoms with Crippen molar-refractivity contribution in [2.24, 2.45) is 5.73 Å². The number of primary amides is 1. The second-order valence-electron chi connectivity index (χ2n) is 8.71. The second-order valence-corrected chi connectivity index (χ2v) is 8.71. The fourth-order valence-corrected chi connectivity index (χ4v) is 4.62. The highest BCUT2D eigenvalue weighted by Crippen LogP contribution is 2.35. The summed E-state index contributed by atoms with van der Waals surface area (Å²) in [5.74, 6) is -1.10. The number of rotatable bonds is 7. The first-order valence-electron chi connectivity index (χ1n) is 11.3. The number of likely N-dealkylation sites (tertiary alicyclic amines) is 1. The molecule has 4 aromatic rings. The average molecular weight is 474 g/mol. The molecule has 11 heteroatoms. The van der Waals surface area contributed by atoms with Crippen LogP contribution in [0.4, 0.5) is 15.9 Å². The summed E-state index contributed by atoms with van der Waals surface area (Å²) < 4.78 is 17.1. The lowest BCUT2D eigenvalue weighted by Gasteiger charge is -2.40. The number of nitriles is 1. The zero-order chi connectivity index (χ0) is 24.4. The third-order valence-corrected chi connectivity index (χ3v) is 6.54. The number of hydrogen-bond acceptors (Lipinski definition) is 7. The normalized spacial score (nSPS) is 15.7. The minimum atomic E-state index is -0.662. The largest absolute Gasteiger partial charge is 0.365 e. The molecule has 4 aromatic heterocycles. The van der Waals surface area contributed by atoms with Gasteiger partial charge in [0.25, 0.3) is 5.91 Å². The highest BCUT2D eigenvalue weighted by Gasteiger charge is 2.38. The van der Waals surface area contributed by atoms with Crippen LogP contribution in [0.25, 0.3) is 5.52 Å². The minimum Gasteiger partial charge on any atom is -0.365 e. The van der Waals surface area contributed by atoms with Crippen molar-refractivity contribution in [3.8, 4) is 6.07 Å². The Morgan fingerprint density at radius 3 is 2.80 bits per heavy atom. The molecule has 0 unspecified atom stereocenters. The lowest BCUT2D eigenvalue weighted by molar-refractivity contribution is 0.0957. The number of fused-ring (bicyclic) bond motifs is 1. The summed E-state index contributed by atoms with van der Waals surface area (Å²) in [7, 11) is 0. The van der Waals surface area contributed by atoms with Gasteiger partial charge in [-0.2, -0.15) is 19.8 Å². The van der Waals surface area contributed by atoms with Crippen LogP contribution >= 0.6 is 0 Å². The Bertz CT molecular complexity index is 1410. The first kappa shape index (κ1) is 22.5. The van der Waals surface area contributed by atoms with Gasteiger partial charge in [0.15, 0.2) is 5.82 Å². The minimum absolute atomic E-state index is 0.173. The number of hydrogen-bond donors (Lipinski definition) is 2. The second kappa shape index (κ2) is 9.15. The molecule has 0 aliphatic carbocycles. The SMILES string of the molecule is N#CCC1(n2cc(C(N)=O)c(Nc3ccnc(F)c3)n2)CCN(Cc2cccc3ccnn23)CC1.